The maximum absolute atomic E-state index is 11.3. The summed E-state index contributed by atoms with van der Waals surface area (Å²) in [5, 5.41) is 46.9. The number of phenolic OH excluding ortho intramolecular Hbond substituents is 2. The number of rotatable bonds is 23. The third kappa shape index (κ3) is 12.5. The zero-order valence-electron chi connectivity index (χ0n) is 31.7. The molecule has 5 atom stereocenters. The van der Waals surface area contributed by atoms with Crippen LogP contribution in [0.3, 0.4) is 0 Å². The Morgan fingerprint density at radius 1 is 0.692 bits per heavy atom. The molecule has 0 aliphatic carbocycles. The number of phenols is 2. The van der Waals surface area contributed by atoms with Gasteiger partial charge in [-0.25, -0.2) is 0 Å². The Morgan fingerprint density at radius 3 is 1.65 bits per heavy atom. The molecule has 11 heteroatoms. The summed E-state index contributed by atoms with van der Waals surface area (Å²) in [6.07, 6.45) is 6.42. The van der Waals surface area contributed by atoms with Gasteiger partial charge in [-0.05, 0) is 61.1 Å². The summed E-state index contributed by atoms with van der Waals surface area (Å²) >= 11 is 0. The largest absolute Gasteiger partial charge is 0.507 e. The molecule has 1 aliphatic heterocycles. The third-order valence-electron chi connectivity index (χ3n) is 9.75. The predicted molar refractivity (Wildman–Crippen MR) is 205 cm³/mol. The van der Waals surface area contributed by atoms with Crippen molar-refractivity contribution in [3.05, 3.63) is 77.4 Å². The van der Waals surface area contributed by atoms with Crippen molar-refractivity contribution in [1.82, 2.24) is 16.0 Å². The van der Waals surface area contributed by atoms with Crippen LogP contribution in [-0.2, 0) is 9.47 Å². The van der Waals surface area contributed by atoms with Gasteiger partial charge in [0.25, 0.3) is 0 Å². The zero-order valence-corrected chi connectivity index (χ0v) is 31.7. The first-order valence-corrected chi connectivity index (χ1v) is 19.1. The summed E-state index contributed by atoms with van der Waals surface area (Å²) in [5.41, 5.74) is 2.66. The van der Waals surface area contributed by atoms with Gasteiger partial charge in [-0.2, -0.15) is 0 Å². The van der Waals surface area contributed by atoms with Crippen LogP contribution >= 0.6 is 0 Å². The molecule has 4 rings (SSSR count). The normalized spacial score (nSPS) is 19.2. The van der Waals surface area contributed by atoms with Gasteiger partial charge in [0, 0.05) is 41.6 Å². The number of unbranched alkanes of at least 4 members (excludes halogenated alkanes) is 2. The standard InChI is InChI=1S/C41H62N4O7/c1-6-10-12-28(8-3)26-51-32-18-20-34(36(46)24-32)38-43-39(35-21-19-33(25-37(35)47)52-27-29(9-4)13-11-7-2)45-41(44-38)42-31-16-14-30(15-17-31)40(48)50-23-22-49-5/h14-21,24-25,28-29,38-48H,6-13,22-23,26-27H2,1-5H3. The number of aliphatic hydroxyl groups excluding tert-OH is 1. The minimum absolute atomic E-state index is 0.0943. The molecule has 0 saturated carbocycles. The monoisotopic (exact) mass is 722 g/mol. The summed E-state index contributed by atoms with van der Waals surface area (Å²) in [5.74, 6) is 2.38. The number of methoxy groups -OCH3 is 1. The third-order valence-corrected chi connectivity index (χ3v) is 9.75. The van der Waals surface area contributed by atoms with E-state index in [9.17, 15) is 15.3 Å². The van der Waals surface area contributed by atoms with Crippen LogP contribution in [0.2, 0.25) is 0 Å². The number of aromatic hydroxyl groups is 2. The van der Waals surface area contributed by atoms with Crippen molar-refractivity contribution in [3.63, 3.8) is 0 Å². The Hall–Kier alpha value is -3.58. The molecule has 0 radical (unpaired) electrons. The van der Waals surface area contributed by atoms with E-state index >= 15 is 0 Å². The molecular formula is C41H62N4O7. The average Bonchev–Trinajstić information content (AvgIpc) is 3.15. The second kappa shape index (κ2) is 21.8. The van der Waals surface area contributed by atoms with Gasteiger partial charge in [0.15, 0.2) is 6.29 Å². The Morgan fingerprint density at radius 2 is 1.21 bits per heavy atom. The Kier molecular flexibility index (Phi) is 17.3. The minimum atomic E-state index is -1.06. The summed E-state index contributed by atoms with van der Waals surface area (Å²) in [7, 11) is 1.58. The van der Waals surface area contributed by atoms with E-state index in [-0.39, 0.29) is 18.1 Å². The van der Waals surface area contributed by atoms with Crippen molar-refractivity contribution in [2.24, 2.45) is 11.8 Å². The maximum Gasteiger partial charge on any atom is 0.181 e. The lowest BCUT2D eigenvalue weighted by atomic mass is 10.0. The molecule has 1 heterocycles. The van der Waals surface area contributed by atoms with Crippen LogP contribution in [0.4, 0.5) is 5.69 Å². The first-order chi connectivity index (χ1) is 25.3. The van der Waals surface area contributed by atoms with Crippen LogP contribution in [0.15, 0.2) is 60.7 Å². The highest BCUT2D eigenvalue weighted by molar-refractivity contribution is 5.47. The SMILES string of the molecule is CCCCC(CC)COc1ccc(C2NC(Nc3ccc(C(O)OCCOC)cc3)NC(c3ccc(OCC(CC)CCCC)cc3O)N2)c(O)c1. The summed E-state index contributed by atoms with van der Waals surface area (Å²) in [4.78, 5) is 0. The number of hydrogen-bond donors (Lipinski definition) is 7. The minimum Gasteiger partial charge on any atom is -0.507 e. The maximum atomic E-state index is 11.3. The first-order valence-electron chi connectivity index (χ1n) is 19.1. The second-order valence-electron chi connectivity index (χ2n) is 13.7. The van der Waals surface area contributed by atoms with Crippen molar-refractivity contribution in [1.29, 1.82) is 0 Å². The molecule has 1 aliphatic rings. The van der Waals surface area contributed by atoms with Crippen LogP contribution in [0.25, 0.3) is 0 Å². The molecule has 288 valence electrons. The van der Waals surface area contributed by atoms with E-state index < -0.39 is 24.9 Å². The van der Waals surface area contributed by atoms with Crippen LogP contribution in [-0.4, -0.2) is 55.1 Å². The van der Waals surface area contributed by atoms with Gasteiger partial charge in [0.2, 0.25) is 0 Å². The number of ether oxygens (including phenoxy) is 4. The van der Waals surface area contributed by atoms with E-state index in [1.807, 2.05) is 36.4 Å². The number of aliphatic hydroxyl groups is 1. The summed E-state index contributed by atoms with van der Waals surface area (Å²) < 4.78 is 22.6. The van der Waals surface area contributed by atoms with Gasteiger partial charge in [0.05, 0.1) is 38.8 Å². The van der Waals surface area contributed by atoms with E-state index in [0.29, 0.717) is 59.8 Å². The number of nitrogens with one attached hydrogen (secondary N) is 4. The van der Waals surface area contributed by atoms with Gasteiger partial charge in [-0.1, -0.05) is 78.4 Å². The molecule has 3 aromatic rings. The lowest BCUT2D eigenvalue weighted by molar-refractivity contribution is -0.113. The molecule has 3 aromatic carbocycles. The lowest BCUT2D eigenvalue weighted by Crippen LogP contribution is -2.61. The molecule has 7 N–H and O–H groups in total. The fourth-order valence-corrected chi connectivity index (χ4v) is 6.28. The smallest absolute Gasteiger partial charge is 0.181 e. The van der Waals surface area contributed by atoms with E-state index in [1.54, 1.807) is 31.4 Å². The predicted octanol–water partition coefficient (Wildman–Crippen LogP) is 7.82. The van der Waals surface area contributed by atoms with Gasteiger partial charge in [-0.3, -0.25) is 16.0 Å². The van der Waals surface area contributed by atoms with Gasteiger partial charge in [-0.15, -0.1) is 0 Å². The number of benzene rings is 3. The van der Waals surface area contributed by atoms with Crippen LogP contribution in [0.1, 0.15) is 114 Å². The molecule has 11 nitrogen and oxygen atoms in total. The molecule has 52 heavy (non-hydrogen) atoms. The van der Waals surface area contributed by atoms with Gasteiger partial charge >= 0.3 is 0 Å². The van der Waals surface area contributed by atoms with Crippen molar-refractivity contribution < 1.29 is 34.3 Å². The lowest BCUT2D eigenvalue weighted by Gasteiger charge is -2.40. The summed E-state index contributed by atoms with van der Waals surface area (Å²) in [6, 6.07) is 18.1. The van der Waals surface area contributed by atoms with Crippen molar-refractivity contribution >= 4 is 5.69 Å². The molecule has 1 fully saturated rings. The molecule has 0 aromatic heterocycles. The van der Waals surface area contributed by atoms with Crippen LogP contribution in [0, 0.1) is 11.8 Å². The molecule has 0 amide bonds. The number of hydrogen-bond acceptors (Lipinski definition) is 11. The van der Waals surface area contributed by atoms with Gasteiger partial charge in [0.1, 0.15) is 29.3 Å². The average molecular weight is 723 g/mol. The van der Waals surface area contributed by atoms with E-state index in [4.69, 9.17) is 18.9 Å². The molecule has 1 saturated heterocycles. The van der Waals surface area contributed by atoms with E-state index in [2.05, 4.69) is 49.0 Å². The van der Waals surface area contributed by atoms with E-state index in [1.165, 1.54) is 12.8 Å². The van der Waals surface area contributed by atoms with Crippen molar-refractivity contribution in [2.45, 2.75) is 104 Å². The van der Waals surface area contributed by atoms with Crippen LogP contribution < -0.4 is 30.7 Å². The van der Waals surface area contributed by atoms with Crippen molar-refractivity contribution in [3.8, 4) is 23.0 Å². The highest BCUT2D eigenvalue weighted by atomic mass is 16.6. The van der Waals surface area contributed by atoms with Crippen molar-refractivity contribution in [2.75, 3.05) is 38.9 Å². The topological polar surface area (TPSA) is 146 Å². The molecular weight excluding hydrogens is 660 g/mol. The van der Waals surface area contributed by atoms with Gasteiger partial charge < -0.3 is 39.6 Å². The second-order valence-corrected chi connectivity index (χ2v) is 13.7. The number of anilines is 1. The van der Waals surface area contributed by atoms with E-state index in [0.717, 1.165) is 44.2 Å². The quantitative estimate of drug-likeness (QED) is 0.0380. The van der Waals surface area contributed by atoms with Crippen LogP contribution in [0.5, 0.6) is 23.0 Å². The molecule has 5 unspecified atom stereocenters. The zero-order chi connectivity index (χ0) is 37.3. The fraction of sp³-hybridized carbons (Fsp3) is 0.561. The fourth-order valence-electron chi connectivity index (χ4n) is 6.28. The highest BCUT2D eigenvalue weighted by Gasteiger charge is 2.32. The Labute approximate surface area is 310 Å². The molecule has 0 bridgehead atoms. The summed E-state index contributed by atoms with van der Waals surface area (Å²) in [6.45, 7) is 10.7. The first kappa shape index (κ1) is 41.2. The Bertz CT molecular complexity index is 1380. The Balaban J connectivity index is 1.52. The highest BCUT2D eigenvalue weighted by Crippen LogP contribution is 2.34. The molecule has 0 spiro atoms.